The molecule has 0 radical (unpaired) electrons. The second-order valence-corrected chi connectivity index (χ2v) is 6.79. The van der Waals surface area contributed by atoms with Gasteiger partial charge < -0.3 is 10.6 Å². The lowest BCUT2D eigenvalue weighted by atomic mass is 10.2. The molecule has 1 heterocycles. The number of pyridine rings is 1. The molecular formula is C18H25IN4OS. The van der Waals surface area contributed by atoms with Crippen molar-refractivity contribution in [1.82, 2.24) is 15.6 Å². The molecule has 1 atom stereocenters. The molecule has 0 fully saturated rings. The van der Waals surface area contributed by atoms with Gasteiger partial charge in [0.15, 0.2) is 5.96 Å². The van der Waals surface area contributed by atoms with E-state index < -0.39 is 10.8 Å². The van der Waals surface area contributed by atoms with Gasteiger partial charge in [-0.05, 0) is 24.6 Å². The van der Waals surface area contributed by atoms with Crippen LogP contribution in [0.15, 0.2) is 59.7 Å². The molecule has 0 amide bonds. The number of rotatable bonds is 8. The van der Waals surface area contributed by atoms with E-state index in [1.807, 2.05) is 55.5 Å². The van der Waals surface area contributed by atoms with Crippen LogP contribution in [0.4, 0.5) is 0 Å². The summed E-state index contributed by atoms with van der Waals surface area (Å²) < 4.78 is 12.1. The van der Waals surface area contributed by atoms with E-state index in [-0.39, 0.29) is 24.0 Å². The van der Waals surface area contributed by atoms with Crippen molar-refractivity contribution >= 4 is 40.7 Å². The maximum atomic E-state index is 12.1. The molecule has 0 saturated heterocycles. The second kappa shape index (κ2) is 12.8. The predicted octanol–water partition coefficient (Wildman–Crippen LogP) is 2.70. The number of hydrogen-bond donors (Lipinski definition) is 2. The summed E-state index contributed by atoms with van der Waals surface area (Å²) in [6.07, 6.45) is 1.76. The third-order valence-electron chi connectivity index (χ3n) is 3.26. The predicted molar refractivity (Wildman–Crippen MR) is 116 cm³/mol. The molecule has 0 aliphatic rings. The van der Waals surface area contributed by atoms with E-state index in [2.05, 4.69) is 20.6 Å². The summed E-state index contributed by atoms with van der Waals surface area (Å²) in [6.45, 7) is 3.93. The lowest BCUT2D eigenvalue weighted by Crippen LogP contribution is -2.39. The van der Waals surface area contributed by atoms with Crippen LogP contribution in [0.2, 0.25) is 0 Å². The average molecular weight is 472 g/mol. The topological polar surface area (TPSA) is 66.4 Å². The first-order valence-electron chi connectivity index (χ1n) is 8.09. The van der Waals surface area contributed by atoms with Crippen LogP contribution >= 0.6 is 24.0 Å². The van der Waals surface area contributed by atoms with Gasteiger partial charge in [-0.2, -0.15) is 0 Å². The minimum absolute atomic E-state index is 0. The van der Waals surface area contributed by atoms with Crippen LogP contribution < -0.4 is 10.6 Å². The molecule has 0 bridgehead atoms. The lowest BCUT2D eigenvalue weighted by molar-refractivity contribution is 0.680. The highest BCUT2D eigenvalue weighted by molar-refractivity contribution is 14.0. The van der Waals surface area contributed by atoms with Gasteiger partial charge in [-0.3, -0.25) is 9.19 Å². The minimum atomic E-state index is -0.889. The first kappa shape index (κ1) is 21.6. The van der Waals surface area contributed by atoms with Crippen LogP contribution in [0.3, 0.4) is 0 Å². The van der Waals surface area contributed by atoms with Crippen LogP contribution in [0.25, 0.3) is 0 Å². The molecule has 1 aromatic carbocycles. The van der Waals surface area contributed by atoms with Crippen molar-refractivity contribution in [2.24, 2.45) is 4.99 Å². The highest BCUT2D eigenvalue weighted by Crippen LogP contribution is 2.02. The average Bonchev–Trinajstić information content (AvgIpc) is 2.61. The van der Waals surface area contributed by atoms with Crippen molar-refractivity contribution in [3.63, 3.8) is 0 Å². The van der Waals surface area contributed by atoms with Gasteiger partial charge >= 0.3 is 0 Å². The molecule has 0 aliphatic carbocycles. The van der Waals surface area contributed by atoms with E-state index in [0.29, 0.717) is 24.6 Å². The number of nitrogens with zero attached hydrogens (tertiary/aromatic N) is 2. The molecule has 5 nitrogen and oxygen atoms in total. The minimum Gasteiger partial charge on any atom is -0.357 e. The van der Waals surface area contributed by atoms with Crippen molar-refractivity contribution in [1.29, 1.82) is 0 Å². The number of halogens is 1. The maximum absolute atomic E-state index is 12.1. The standard InChI is InChI=1S/C18H24N4OS.HI/c1-2-19-18(22-14-17-10-6-7-11-20-17)21-12-13-24(23)15-16-8-4-3-5-9-16;/h3-11H,2,12-15H2,1H3,(H2,19,21,22);1H. The zero-order valence-electron chi connectivity index (χ0n) is 14.4. The van der Waals surface area contributed by atoms with E-state index in [1.54, 1.807) is 6.20 Å². The van der Waals surface area contributed by atoms with Crippen LogP contribution in [0.1, 0.15) is 18.2 Å². The molecule has 136 valence electrons. The van der Waals surface area contributed by atoms with Crippen molar-refractivity contribution < 1.29 is 4.21 Å². The zero-order chi connectivity index (χ0) is 17.0. The van der Waals surface area contributed by atoms with Gasteiger partial charge in [-0.1, -0.05) is 36.4 Å². The Labute approximate surface area is 169 Å². The lowest BCUT2D eigenvalue weighted by Gasteiger charge is -2.11. The Balaban J connectivity index is 0.00000312. The van der Waals surface area contributed by atoms with Gasteiger partial charge in [-0.25, -0.2) is 4.99 Å². The number of nitrogens with one attached hydrogen (secondary N) is 2. The number of benzene rings is 1. The first-order valence-corrected chi connectivity index (χ1v) is 9.57. The molecule has 0 saturated carbocycles. The Bertz CT molecular complexity index is 653. The molecule has 25 heavy (non-hydrogen) atoms. The summed E-state index contributed by atoms with van der Waals surface area (Å²) >= 11 is 0. The van der Waals surface area contributed by atoms with Crippen molar-refractivity contribution in [2.75, 3.05) is 18.8 Å². The van der Waals surface area contributed by atoms with Crippen molar-refractivity contribution in [3.8, 4) is 0 Å². The SMILES string of the molecule is CCNC(=NCc1ccccn1)NCCS(=O)Cc1ccccc1.I. The Morgan fingerprint density at radius 2 is 1.88 bits per heavy atom. The zero-order valence-corrected chi connectivity index (χ0v) is 17.5. The normalized spacial score (nSPS) is 12.1. The molecule has 2 aromatic rings. The fourth-order valence-electron chi connectivity index (χ4n) is 2.11. The highest BCUT2D eigenvalue weighted by atomic mass is 127. The summed E-state index contributed by atoms with van der Waals surface area (Å²) in [5.74, 6) is 1.90. The molecule has 0 aliphatic heterocycles. The van der Waals surface area contributed by atoms with E-state index in [4.69, 9.17) is 0 Å². The van der Waals surface area contributed by atoms with E-state index in [1.165, 1.54) is 0 Å². The Morgan fingerprint density at radius 1 is 1.12 bits per heavy atom. The van der Waals surface area contributed by atoms with Crippen LogP contribution in [0, 0.1) is 0 Å². The molecule has 1 aromatic heterocycles. The highest BCUT2D eigenvalue weighted by Gasteiger charge is 2.03. The fourth-order valence-corrected chi connectivity index (χ4v) is 3.15. The van der Waals surface area contributed by atoms with Crippen molar-refractivity contribution in [3.05, 3.63) is 66.0 Å². The number of hydrogen-bond acceptors (Lipinski definition) is 3. The van der Waals surface area contributed by atoms with E-state index >= 15 is 0 Å². The van der Waals surface area contributed by atoms with E-state index in [9.17, 15) is 4.21 Å². The molecule has 7 heteroatoms. The Kier molecular flexibility index (Phi) is 11.1. The van der Waals surface area contributed by atoms with Gasteiger partial charge in [0.2, 0.25) is 0 Å². The smallest absolute Gasteiger partial charge is 0.191 e. The van der Waals surface area contributed by atoms with Gasteiger partial charge in [0.1, 0.15) is 0 Å². The van der Waals surface area contributed by atoms with Gasteiger partial charge in [-0.15, -0.1) is 24.0 Å². The summed E-state index contributed by atoms with van der Waals surface area (Å²) in [4.78, 5) is 8.75. The summed E-state index contributed by atoms with van der Waals surface area (Å²) in [7, 11) is -0.889. The Morgan fingerprint density at radius 3 is 2.56 bits per heavy atom. The number of guanidine groups is 1. The van der Waals surface area contributed by atoms with Crippen LogP contribution in [-0.4, -0.2) is 34.0 Å². The Hall–Kier alpha value is -1.48. The number of aliphatic imine (C=N–C) groups is 1. The molecule has 2 rings (SSSR count). The monoisotopic (exact) mass is 472 g/mol. The van der Waals surface area contributed by atoms with Gasteiger partial charge in [0.05, 0.1) is 12.2 Å². The quantitative estimate of drug-likeness (QED) is 0.352. The van der Waals surface area contributed by atoms with Gasteiger partial charge in [0, 0.05) is 41.6 Å². The van der Waals surface area contributed by atoms with Crippen LogP contribution in [-0.2, 0) is 23.1 Å². The summed E-state index contributed by atoms with van der Waals surface area (Å²) in [6, 6.07) is 15.7. The first-order chi connectivity index (χ1) is 11.8. The third-order valence-corrected chi connectivity index (χ3v) is 4.58. The number of aromatic nitrogens is 1. The molecule has 0 spiro atoms. The third kappa shape index (κ3) is 8.97. The second-order valence-electron chi connectivity index (χ2n) is 5.22. The summed E-state index contributed by atoms with van der Waals surface area (Å²) in [5.41, 5.74) is 2.02. The molecular weight excluding hydrogens is 447 g/mol. The van der Waals surface area contributed by atoms with Gasteiger partial charge in [0.25, 0.3) is 0 Å². The largest absolute Gasteiger partial charge is 0.357 e. The van der Waals surface area contributed by atoms with Crippen LogP contribution in [0.5, 0.6) is 0 Å². The summed E-state index contributed by atoms with van der Waals surface area (Å²) in [5, 5.41) is 6.41. The van der Waals surface area contributed by atoms with E-state index in [0.717, 1.165) is 23.8 Å². The molecule has 1 unspecified atom stereocenters. The van der Waals surface area contributed by atoms with Crippen molar-refractivity contribution in [2.45, 2.75) is 19.2 Å². The maximum Gasteiger partial charge on any atom is 0.191 e. The molecule has 2 N–H and O–H groups in total. The fraction of sp³-hybridized carbons (Fsp3) is 0.333.